The van der Waals surface area contributed by atoms with Gasteiger partial charge in [-0.3, -0.25) is 53.8 Å². The molecule has 362 valence electrons. The highest BCUT2D eigenvalue weighted by Crippen LogP contribution is 2.41. The molecule has 1 aromatic heterocycles. The van der Waals surface area contributed by atoms with Crippen LogP contribution in [0.1, 0.15) is 103 Å². The maximum Gasteiger partial charge on any atom is 0.262 e. The van der Waals surface area contributed by atoms with Gasteiger partial charge < -0.3 is 19.9 Å². The lowest BCUT2D eigenvalue weighted by Gasteiger charge is -2.43. The smallest absolute Gasteiger partial charge is 0.262 e. The van der Waals surface area contributed by atoms with Crippen molar-refractivity contribution >= 4 is 57.7 Å². The third-order valence-corrected chi connectivity index (χ3v) is 15.8. The molecule has 4 saturated heterocycles. The number of likely N-dealkylation sites (tertiary alicyclic amines) is 2. The van der Waals surface area contributed by atoms with Crippen molar-refractivity contribution < 1.29 is 37.9 Å². The van der Waals surface area contributed by atoms with Crippen molar-refractivity contribution in [2.75, 3.05) is 69.1 Å². The van der Waals surface area contributed by atoms with E-state index < -0.39 is 29.7 Å². The number of pyridine rings is 1. The topological polar surface area (TPSA) is 165 Å². The summed E-state index contributed by atoms with van der Waals surface area (Å²) in [5.41, 5.74) is 4.14. The second-order valence-electron chi connectivity index (χ2n) is 19.9. The van der Waals surface area contributed by atoms with Crippen molar-refractivity contribution in [1.82, 2.24) is 29.9 Å². The van der Waals surface area contributed by atoms with Gasteiger partial charge in [0.25, 0.3) is 11.8 Å². The summed E-state index contributed by atoms with van der Waals surface area (Å²) >= 11 is 0. The van der Waals surface area contributed by atoms with Gasteiger partial charge in [-0.2, -0.15) is 0 Å². The van der Waals surface area contributed by atoms with Gasteiger partial charge in [0.2, 0.25) is 23.6 Å². The van der Waals surface area contributed by atoms with E-state index in [0.717, 1.165) is 129 Å². The highest BCUT2D eigenvalue weighted by Gasteiger charge is 2.45. The number of anilines is 2. The van der Waals surface area contributed by atoms with Crippen LogP contribution in [-0.2, 0) is 19.2 Å². The number of nitrogens with one attached hydrogen (secondary N) is 2. The number of carbonyl (C=O) groups excluding carboxylic acids is 6. The van der Waals surface area contributed by atoms with Gasteiger partial charge in [-0.1, -0.05) is 6.92 Å². The number of carbonyl (C=O) groups is 6. The first-order valence-electron chi connectivity index (χ1n) is 24.9. The molecule has 69 heavy (non-hydrogen) atoms. The van der Waals surface area contributed by atoms with E-state index in [4.69, 9.17) is 4.74 Å². The van der Waals surface area contributed by atoms with Crippen molar-refractivity contribution in [2.24, 2.45) is 11.8 Å². The Kier molecular flexibility index (Phi) is 13.5. The molecule has 6 amide bonds. The van der Waals surface area contributed by atoms with Crippen LogP contribution in [-0.4, -0.2) is 137 Å². The molecule has 6 heterocycles. The maximum atomic E-state index is 14.1. The van der Waals surface area contributed by atoms with Crippen molar-refractivity contribution in [3.05, 3.63) is 95.4 Å². The first kappa shape index (κ1) is 46.5. The van der Waals surface area contributed by atoms with Crippen molar-refractivity contribution in [3.63, 3.8) is 0 Å². The van der Waals surface area contributed by atoms with Crippen molar-refractivity contribution in [1.29, 1.82) is 0 Å². The molecule has 2 atom stereocenters. The molecule has 2 N–H and O–H groups in total. The summed E-state index contributed by atoms with van der Waals surface area (Å²) in [7, 11) is 0. The van der Waals surface area contributed by atoms with Crippen molar-refractivity contribution in [3.8, 4) is 5.75 Å². The molecule has 5 fully saturated rings. The zero-order chi connectivity index (χ0) is 47.8. The number of piperidine rings is 3. The second-order valence-corrected chi connectivity index (χ2v) is 19.9. The lowest BCUT2D eigenvalue weighted by Crippen LogP contribution is -2.54. The summed E-state index contributed by atoms with van der Waals surface area (Å²) in [6.45, 7) is 8.77. The number of fused-ring (bicyclic) bond motifs is 2. The molecule has 10 rings (SSSR count). The predicted molar refractivity (Wildman–Crippen MR) is 257 cm³/mol. The number of amides is 6. The van der Waals surface area contributed by atoms with Gasteiger partial charge in [-0.05, 0) is 129 Å². The molecule has 4 aromatic rings. The average Bonchev–Trinajstić information content (AvgIpc) is 3.62. The Bertz CT molecular complexity index is 2610. The van der Waals surface area contributed by atoms with E-state index in [1.165, 1.54) is 6.07 Å². The van der Waals surface area contributed by atoms with Gasteiger partial charge in [-0.25, -0.2) is 4.39 Å². The van der Waals surface area contributed by atoms with Crippen LogP contribution in [0.4, 0.5) is 15.8 Å². The molecule has 1 aliphatic carbocycles. The highest BCUT2D eigenvalue weighted by atomic mass is 19.1. The van der Waals surface area contributed by atoms with Gasteiger partial charge in [-0.15, -0.1) is 0 Å². The predicted octanol–water partition coefficient (Wildman–Crippen LogP) is 5.98. The number of hydrogen-bond acceptors (Lipinski definition) is 11. The van der Waals surface area contributed by atoms with Crippen LogP contribution < -0.4 is 20.3 Å². The third kappa shape index (κ3) is 9.96. The monoisotopic (exact) mass is 940 g/mol. The van der Waals surface area contributed by atoms with Crippen LogP contribution in [0.5, 0.6) is 5.75 Å². The minimum Gasteiger partial charge on any atom is -0.490 e. The molecular formula is C53H61FN8O7. The Hall–Kier alpha value is -6.26. The highest BCUT2D eigenvalue weighted by molar-refractivity contribution is 6.23. The molecule has 5 aliphatic heterocycles. The fraction of sp³-hybridized carbons (Fsp3) is 0.491. The van der Waals surface area contributed by atoms with E-state index in [0.29, 0.717) is 37.2 Å². The number of halogens is 1. The molecule has 16 heteroatoms. The van der Waals surface area contributed by atoms with Crippen LogP contribution >= 0.6 is 0 Å². The maximum absolute atomic E-state index is 14.1. The van der Waals surface area contributed by atoms with Crippen LogP contribution in [0, 0.1) is 17.7 Å². The normalized spacial score (nSPS) is 23.8. The number of ether oxygens (including phenoxy) is 1. The number of aromatic nitrogens is 1. The molecular weight excluding hydrogens is 880 g/mol. The lowest BCUT2D eigenvalue weighted by molar-refractivity contribution is -0.136. The van der Waals surface area contributed by atoms with E-state index in [1.54, 1.807) is 30.5 Å². The molecule has 15 nitrogen and oxygen atoms in total. The van der Waals surface area contributed by atoms with E-state index in [1.807, 2.05) is 48.2 Å². The Labute approximate surface area is 401 Å². The second kappa shape index (κ2) is 20.0. The molecule has 0 bridgehead atoms. The van der Waals surface area contributed by atoms with Crippen LogP contribution in [0.15, 0.2) is 72.9 Å². The van der Waals surface area contributed by atoms with E-state index in [9.17, 15) is 33.2 Å². The van der Waals surface area contributed by atoms with Gasteiger partial charge in [0.1, 0.15) is 23.7 Å². The molecule has 0 radical (unpaired) electrons. The molecule has 3 aromatic carbocycles. The SMILES string of the molecule is C[C@@H](C(=O)Nc1ccc(OC2CCN(C(=O)CN3CCC(N4CCN(c5ccc6c(c5)C(=O)N(C5CCC(=O)NC5=O)C6=O)CC4)CC3)CC2)cc1)C1CCC(c2ccnc3ccc(F)cc23)CC1. The molecule has 1 saturated carbocycles. The van der Waals surface area contributed by atoms with Crippen LogP contribution in [0.25, 0.3) is 10.9 Å². The minimum absolute atomic E-state index is 0.00903. The van der Waals surface area contributed by atoms with E-state index >= 15 is 0 Å². The number of benzene rings is 3. The van der Waals surface area contributed by atoms with Gasteiger partial charge in [0.15, 0.2) is 0 Å². The van der Waals surface area contributed by atoms with Crippen LogP contribution in [0.2, 0.25) is 0 Å². The van der Waals surface area contributed by atoms with E-state index in [2.05, 4.69) is 30.3 Å². The zero-order valence-corrected chi connectivity index (χ0v) is 39.2. The fourth-order valence-electron chi connectivity index (χ4n) is 11.7. The zero-order valence-electron chi connectivity index (χ0n) is 39.2. The summed E-state index contributed by atoms with van der Waals surface area (Å²) in [5, 5.41) is 6.24. The Morgan fingerprint density at radius 1 is 0.783 bits per heavy atom. The lowest BCUT2D eigenvalue weighted by atomic mass is 9.73. The Balaban J connectivity index is 0.614. The summed E-state index contributed by atoms with van der Waals surface area (Å²) in [6, 6.07) is 19.1. The summed E-state index contributed by atoms with van der Waals surface area (Å²) in [6.07, 6.45) is 9.31. The van der Waals surface area contributed by atoms with Gasteiger partial charge in [0, 0.05) is 107 Å². The molecule has 1 unspecified atom stereocenters. The number of nitrogens with zero attached hydrogens (tertiary/aromatic N) is 6. The molecule has 6 aliphatic rings. The molecule has 0 spiro atoms. The summed E-state index contributed by atoms with van der Waals surface area (Å²) in [4.78, 5) is 91.9. The fourth-order valence-corrected chi connectivity index (χ4v) is 11.7. The number of imide groups is 2. The third-order valence-electron chi connectivity index (χ3n) is 15.8. The van der Waals surface area contributed by atoms with Crippen LogP contribution in [0.3, 0.4) is 0 Å². The summed E-state index contributed by atoms with van der Waals surface area (Å²) in [5.74, 6) is -0.868. The average molecular weight is 941 g/mol. The first-order valence-corrected chi connectivity index (χ1v) is 24.9. The van der Waals surface area contributed by atoms with Crippen molar-refractivity contribution in [2.45, 2.75) is 95.2 Å². The Morgan fingerprint density at radius 3 is 2.23 bits per heavy atom. The Morgan fingerprint density at radius 2 is 1.51 bits per heavy atom. The number of piperazine rings is 1. The van der Waals surface area contributed by atoms with Gasteiger partial charge in [0.05, 0.1) is 23.2 Å². The summed E-state index contributed by atoms with van der Waals surface area (Å²) < 4.78 is 20.4. The number of rotatable bonds is 11. The minimum atomic E-state index is -0.984. The standard InChI is InChI=1S/C53H61FN8O7/c1-33(34-2-4-35(5-3-34)42-16-21-55-46-13-6-36(54)30-44(42)46)50(65)56-37-7-10-40(11-8-37)69-41-19-24-61(25-20-41)49(64)32-58-22-17-38(18-23-58)59-26-28-60(29-27-59)39-9-12-43-45(31-39)53(68)62(52(43)67)47-14-15-48(63)57-51(47)66/h6-13,16,21,30-31,33-35,38,41,47H,2-5,14-15,17-20,22-29,32H2,1H3,(H,56,65)(H,57,63,66)/t33-,34?,35?,47?/m1/s1. The largest absolute Gasteiger partial charge is 0.490 e. The van der Waals surface area contributed by atoms with E-state index in [-0.39, 0.29) is 54.0 Å². The van der Waals surface area contributed by atoms with Gasteiger partial charge >= 0.3 is 0 Å². The first-order chi connectivity index (χ1) is 33.4. The quantitative estimate of drug-likeness (QED) is 0.170. The number of hydrogen-bond donors (Lipinski definition) is 2.